The van der Waals surface area contributed by atoms with Gasteiger partial charge in [-0.1, -0.05) is 42.5 Å². The summed E-state index contributed by atoms with van der Waals surface area (Å²) in [5.74, 6) is 1.74. The lowest BCUT2D eigenvalue weighted by Gasteiger charge is -2.21. The summed E-state index contributed by atoms with van der Waals surface area (Å²) in [5, 5.41) is 2.88. The van der Waals surface area contributed by atoms with Gasteiger partial charge in [0.2, 0.25) is 5.91 Å². The number of urea groups is 1. The van der Waals surface area contributed by atoms with Crippen molar-refractivity contribution in [1.82, 2.24) is 10.2 Å². The third-order valence-corrected chi connectivity index (χ3v) is 5.77. The maximum absolute atomic E-state index is 12.9. The van der Waals surface area contributed by atoms with E-state index in [0.717, 1.165) is 16.9 Å². The van der Waals surface area contributed by atoms with Gasteiger partial charge >= 0.3 is 6.03 Å². The molecule has 182 valence electrons. The van der Waals surface area contributed by atoms with Crippen LogP contribution in [0.1, 0.15) is 11.1 Å². The summed E-state index contributed by atoms with van der Waals surface area (Å²) < 4.78 is 16.5. The van der Waals surface area contributed by atoms with E-state index in [1.54, 1.807) is 37.3 Å². The summed E-state index contributed by atoms with van der Waals surface area (Å²) in [5.41, 5.74) is 2.67. The number of benzene rings is 3. The van der Waals surface area contributed by atoms with Gasteiger partial charge in [-0.05, 0) is 35.4 Å². The van der Waals surface area contributed by atoms with Crippen LogP contribution in [0.25, 0.3) is 0 Å². The van der Waals surface area contributed by atoms with E-state index in [-0.39, 0.29) is 18.5 Å². The molecule has 1 saturated heterocycles. The van der Waals surface area contributed by atoms with E-state index in [1.807, 2.05) is 54.6 Å². The van der Waals surface area contributed by atoms with Gasteiger partial charge in [-0.15, -0.1) is 0 Å². The minimum absolute atomic E-state index is 0.0140. The normalized spacial score (nSPS) is 13.0. The smallest absolute Gasteiger partial charge is 0.325 e. The number of nitrogens with zero attached hydrogens (tertiary/aromatic N) is 2. The number of amides is 3. The maximum atomic E-state index is 12.9. The van der Waals surface area contributed by atoms with Crippen molar-refractivity contribution in [3.8, 4) is 17.2 Å². The third-order valence-electron chi connectivity index (χ3n) is 5.77. The zero-order chi connectivity index (χ0) is 24.6. The first-order valence-electron chi connectivity index (χ1n) is 11.4. The van der Waals surface area contributed by atoms with Gasteiger partial charge in [0.1, 0.15) is 30.4 Å². The Bertz CT molecular complexity index is 1150. The van der Waals surface area contributed by atoms with Crippen LogP contribution in [-0.2, 0) is 17.9 Å². The molecule has 0 atom stereocenters. The number of rotatable bonds is 10. The highest BCUT2D eigenvalue weighted by Gasteiger charge is 2.32. The average molecular weight is 476 g/mol. The average Bonchev–Trinajstić information content (AvgIpc) is 3.26. The van der Waals surface area contributed by atoms with Crippen molar-refractivity contribution in [1.29, 1.82) is 0 Å². The van der Waals surface area contributed by atoms with Crippen molar-refractivity contribution < 1.29 is 23.8 Å². The molecule has 3 aromatic carbocycles. The minimum Gasteiger partial charge on any atom is -0.497 e. The van der Waals surface area contributed by atoms with Crippen molar-refractivity contribution in [2.75, 3.05) is 38.8 Å². The van der Waals surface area contributed by atoms with E-state index in [1.165, 1.54) is 4.90 Å². The molecule has 0 aliphatic carbocycles. The topological polar surface area (TPSA) is 80.3 Å². The first-order chi connectivity index (χ1) is 17.1. The van der Waals surface area contributed by atoms with E-state index in [9.17, 15) is 9.59 Å². The van der Waals surface area contributed by atoms with Gasteiger partial charge in [-0.3, -0.25) is 9.69 Å². The second-order valence-corrected chi connectivity index (χ2v) is 8.09. The number of ether oxygens (including phenoxy) is 3. The standard InChI is InChI=1S/C27H29N3O5/c1-33-23-12-13-25(34-2)24(16-23)30-15-14-29(27(30)32)18-26(31)28-17-20-8-10-22(11-9-20)35-19-21-6-4-3-5-7-21/h3-13,16H,14-15,17-19H2,1-2H3,(H,28,31). The van der Waals surface area contributed by atoms with E-state index in [4.69, 9.17) is 14.2 Å². The molecule has 0 saturated carbocycles. The molecule has 0 bridgehead atoms. The third kappa shape index (κ3) is 6.03. The monoisotopic (exact) mass is 475 g/mol. The van der Waals surface area contributed by atoms with Gasteiger partial charge < -0.3 is 24.4 Å². The largest absolute Gasteiger partial charge is 0.497 e. The Morgan fingerprint density at radius 2 is 1.63 bits per heavy atom. The van der Waals surface area contributed by atoms with E-state index >= 15 is 0 Å². The molecule has 0 radical (unpaired) electrons. The van der Waals surface area contributed by atoms with Crippen molar-refractivity contribution in [3.05, 3.63) is 83.9 Å². The molecular formula is C27H29N3O5. The number of carbonyl (C=O) groups excluding carboxylic acids is 2. The molecule has 1 heterocycles. The molecule has 1 fully saturated rings. The zero-order valence-corrected chi connectivity index (χ0v) is 19.9. The highest BCUT2D eigenvalue weighted by molar-refractivity contribution is 5.97. The molecular weight excluding hydrogens is 446 g/mol. The number of carbonyl (C=O) groups is 2. The molecule has 0 unspecified atom stereocenters. The van der Waals surface area contributed by atoms with Gasteiger partial charge in [0.25, 0.3) is 0 Å². The molecule has 3 aromatic rings. The van der Waals surface area contributed by atoms with Crippen molar-refractivity contribution >= 4 is 17.6 Å². The second-order valence-electron chi connectivity index (χ2n) is 8.09. The quantitative estimate of drug-likeness (QED) is 0.482. The van der Waals surface area contributed by atoms with Gasteiger partial charge in [0.05, 0.1) is 19.9 Å². The highest BCUT2D eigenvalue weighted by Crippen LogP contribution is 2.34. The van der Waals surface area contributed by atoms with Gasteiger partial charge in [0, 0.05) is 25.7 Å². The number of anilines is 1. The van der Waals surface area contributed by atoms with Crippen molar-refractivity contribution in [2.24, 2.45) is 0 Å². The zero-order valence-electron chi connectivity index (χ0n) is 19.9. The molecule has 1 aliphatic heterocycles. The van der Waals surface area contributed by atoms with Crippen LogP contribution in [0, 0.1) is 0 Å². The van der Waals surface area contributed by atoms with Crippen LogP contribution in [0.4, 0.5) is 10.5 Å². The van der Waals surface area contributed by atoms with E-state index in [2.05, 4.69) is 5.32 Å². The Hall–Kier alpha value is -4.20. The fourth-order valence-corrected chi connectivity index (χ4v) is 3.83. The van der Waals surface area contributed by atoms with Gasteiger partial charge in [0.15, 0.2) is 0 Å². The van der Waals surface area contributed by atoms with Crippen LogP contribution in [0.3, 0.4) is 0 Å². The second kappa shape index (κ2) is 11.3. The Morgan fingerprint density at radius 1 is 0.886 bits per heavy atom. The molecule has 0 aromatic heterocycles. The van der Waals surface area contributed by atoms with Crippen LogP contribution in [0.5, 0.6) is 17.2 Å². The molecule has 3 amide bonds. The van der Waals surface area contributed by atoms with Crippen LogP contribution in [0.2, 0.25) is 0 Å². The molecule has 1 aliphatic rings. The number of nitrogens with one attached hydrogen (secondary N) is 1. The number of methoxy groups -OCH3 is 2. The molecule has 4 rings (SSSR count). The van der Waals surface area contributed by atoms with E-state index in [0.29, 0.717) is 43.4 Å². The summed E-state index contributed by atoms with van der Waals surface area (Å²) in [7, 11) is 3.12. The SMILES string of the molecule is COc1ccc(OC)c(N2CCN(CC(=O)NCc3ccc(OCc4ccccc4)cc3)C2=O)c1. The molecule has 8 nitrogen and oxygen atoms in total. The Balaban J connectivity index is 1.26. The fourth-order valence-electron chi connectivity index (χ4n) is 3.83. The number of hydrogen-bond acceptors (Lipinski definition) is 5. The van der Waals surface area contributed by atoms with Crippen molar-refractivity contribution in [2.45, 2.75) is 13.2 Å². The lowest BCUT2D eigenvalue weighted by molar-refractivity contribution is -0.121. The highest BCUT2D eigenvalue weighted by atomic mass is 16.5. The van der Waals surface area contributed by atoms with Crippen molar-refractivity contribution in [3.63, 3.8) is 0 Å². The summed E-state index contributed by atoms with van der Waals surface area (Å²) >= 11 is 0. The van der Waals surface area contributed by atoms with Gasteiger partial charge in [-0.2, -0.15) is 0 Å². The summed E-state index contributed by atoms with van der Waals surface area (Å²) in [6.45, 7) is 1.76. The van der Waals surface area contributed by atoms with Gasteiger partial charge in [-0.25, -0.2) is 4.79 Å². The Labute approximate surface area is 205 Å². The minimum atomic E-state index is -0.244. The van der Waals surface area contributed by atoms with Crippen LogP contribution < -0.4 is 24.4 Å². The van der Waals surface area contributed by atoms with Crippen LogP contribution in [-0.4, -0.2) is 50.7 Å². The first kappa shape index (κ1) is 23.9. The lowest BCUT2D eigenvalue weighted by Crippen LogP contribution is -2.39. The first-order valence-corrected chi connectivity index (χ1v) is 11.4. The predicted octanol–water partition coefficient (Wildman–Crippen LogP) is 3.84. The molecule has 0 spiro atoms. The maximum Gasteiger partial charge on any atom is 0.325 e. The fraction of sp³-hybridized carbons (Fsp3) is 0.259. The summed E-state index contributed by atoms with van der Waals surface area (Å²) in [6.07, 6.45) is 0. The molecule has 8 heteroatoms. The summed E-state index contributed by atoms with van der Waals surface area (Å²) in [4.78, 5) is 28.6. The summed E-state index contributed by atoms with van der Waals surface area (Å²) in [6, 6.07) is 22.6. The Kier molecular flexibility index (Phi) is 7.72. The molecule has 1 N–H and O–H groups in total. The number of hydrogen-bond donors (Lipinski definition) is 1. The Morgan fingerprint density at radius 3 is 2.34 bits per heavy atom. The van der Waals surface area contributed by atoms with Crippen LogP contribution in [0.15, 0.2) is 72.8 Å². The predicted molar refractivity (Wildman–Crippen MR) is 133 cm³/mol. The van der Waals surface area contributed by atoms with E-state index < -0.39 is 0 Å². The molecule has 35 heavy (non-hydrogen) atoms. The van der Waals surface area contributed by atoms with Crippen LogP contribution >= 0.6 is 0 Å². The lowest BCUT2D eigenvalue weighted by atomic mass is 10.2.